The first-order chi connectivity index (χ1) is 12.2. The lowest BCUT2D eigenvalue weighted by Crippen LogP contribution is -2.43. The number of amides is 2. The molecule has 2 aromatic carbocycles. The molecule has 0 bridgehead atoms. The number of nitrogens with one attached hydrogen (secondary N) is 1. The van der Waals surface area contributed by atoms with E-state index in [9.17, 15) is 9.18 Å². The summed E-state index contributed by atoms with van der Waals surface area (Å²) in [5, 5.41) is 3.26. The van der Waals surface area contributed by atoms with Crippen LogP contribution in [0.3, 0.4) is 0 Å². The third kappa shape index (κ3) is 4.01. The third-order valence-corrected chi connectivity index (χ3v) is 5.05. The summed E-state index contributed by atoms with van der Waals surface area (Å²) >= 11 is 0. The normalized spacial score (nSPS) is 17.8. The van der Waals surface area contributed by atoms with Gasteiger partial charge in [0.1, 0.15) is 5.82 Å². The molecular formula is C21H23FN2O. The van der Waals surface area contributed by atoms with E-state index >= 15 is 0 Å². The van der Waals surface area contributed by atoms with Gasteiger partial charge in [-0.2, -0.15) is 0 Å². The quantitative estimate of drug-likeness (QED) is 0.817. The minimum absolute atomic E-state index is 0.00687. The fraction of sp³-hybridized carbons (Fsp3) is 0.381. The van der Waals surface area contributed by atoms with Crippen molar-refractivity contribution < 1.29 is 9.18 Å². The van der Waals surface area contributed by atoms with Crippen molar-refractivity contribution in [1.82, 2.24) is 10.2 Å². The topological polar surface area (TPSA) is 32.3 Å². The largest absolute Gasteiger partial charge is 0.331 e. The first kappa shape index (κ1) is 16.1. The van der Waals surface area contributed by atoms with Crippen molar-refractivity contribution in [1.29, 1.82) is 0 Å². The van der Waals surface area contributed by atoms with Crippen LogP contribution in [0.5, 0.6) is 0 Å². The van der Waals surface area contributed by atoms with Crippen LogP contribution in [0.1, 0.15) is 42.9 Å². The van der Waals surface area contributed by atoms with Gasteiger partial charge in [0.25, 0.3) is 0 Å². The fourth-order valence-electron chi connectivity index (χ4n) is 3.32. The lowest BCUT2D eigenvalue weighted by atomic mass is 10.0. The number of rotatable bonds is 6. The maximum Gasteiger partial charge on any atom is 0.318 e. The Morgan fingerprint density at radius 3 is 2.32 bits per heavy atom. The van der Waals surface area contributed by atoms with E-state index in [4.69, 9.17) is 0 Å². The molecule has 0 aromatic heterocycles. The van der Waals surface area contributed by atoms with Crippen molar-refractivity contribution in [2.24, 2.45) is 5.92 Å². The van der Waals surface area contributed by atoms with Gasteiger partial charge in [-0.3, -0.25) is 0 Å². The van der Waals surface area contributed by atoms with E-state index < -0.39 is 0 Å². The van der Waals surface area contributed by atoms with E-state index in [1.165, 1.54) is 30.5 Å². The second-order valence-electron chi connectivity index (χ2n) is 7.16. The molecule has 0 radical (unpaired) electrons. The van der Waals surface area contributed by atoms with E-state index in [-0.39, 0.29) is 17.9 Å². The zero-order chi connectivity index (χ0) is 17.2. The zero-order valence-electron chi connectivity index (χ0n) is 14.2. The Labute approximate surface area is 147 Å². The molecule has 130 valence electrons. The molecule has 1 atom stereocenters. The second-order valence-corrected chi connectivity index (χ2v) is 7.16. The molecule has 4 rings (SSSR count). The second kappa shape index (κ2) is 6.87. The molecule has 2 fully saturated rings. The maximum atomic E-state index is 13.1. The number of hydrogen-bond acceptors (Lipinski definition) is 1. The summed E-state index contributed by atoms with van der Waals surface area (Å²) in [5.41, 5.74) is 2.14. The van der Waals surface area contributed by atoms with Gasteiger partial charge in [-0.1, -0.05) is 42.5 Å². The Hall–Kier alpha value is -2.36. The monoisotopic (exact) mass is 338 g/mol. The van der Waals surface area contributed by atoms with Gasteiger partial charge in [-0.25, -0.2) is 9.18 Å². The summed E-state index contributed by atoms with van der Waals surface area (Å²) in [5.74, 6) is 0.294. The van der Waals surface area contributed by atoms with Crippen molar-refractivity contribution in [3.63, 3.8) is 0 Å². The van der Waals surface area contributed by atoms with Crippen molar-refractivity contribution in [2.75, 3.05) is 0 Å². The number of carbonyl (C=O) groups excluding carboxylic acids is 1. The van der Waals surface area contributed by atoms with Gasteiger partial charge in [0.15, 0.2) is 0 Å². The summed E-state index contributed by atoms with van der Waals surface area (Å²) in [6.07, 6.45) is 4.44. The van der Waals surface area contributed by atoms with Crippen LogP contribution >= 0.6 is 0 Å². The van der Waals surface area contributed by atoms with E-state index in [0.717, 1.165) is 18.4 Å². The fourth-order valence-corrected chi connectivity index (χ4v) is 3.32. The van der Waals surface area contributed by atoms with Crippen LogP contribution in [0.15, 0.2) is 54.6 Å². The van der Waals surface area contributed by atoms with Gasteiger partial charge in [0.2, 0.25) is 0 Å². The zero-order valence-corrected chi connectivity index (χ0v) is 14.2. The number of nitrogens with zero attached hydrogens (tertiary/aromatic N) is 1. The van der Waals surface area contributed by atoms with Gasteiger partial charge < -0.3 is 10.2 Å². The highest BCUT2D eigenvalue weighted by atomic mass is 19.1. The number of benzene rings is 2. The molecule has 1 N–H and O–H groups in total. The van der Waals surface area contributed by atoms with Crippen LogP contribution < -0.4 is 5.32 Å². The van der Waals surface area contributed by atoms with Gasteiger partial charge in [-0.15, -0.1) is 0 Å². The van der Waals surface area contributed by atoms with Gasteiger partial charge in [0, 0.05) is 12.6 Å². The Bertz CT molecular complexity index is 723. The number of hydrogen-bond donors (Lipinski definition) is 1. The Morgan fingerprint density at radius 2 is 1.72 bits per heavy atom. The van der Waals surface area contributed by atoms with Gasteiger partial charge >= 0.3 is 6.03 Å². The summed E-state index contributed by atoms with van der Waals surface area (Å²) in [6, 6.07) is 17.0. The molecule has 2 amide bonds. The molecular weight excluding hydrogens is 315 g/mol. The smallest absolute Gasteiger partial charge is 0.318 e. The predicted octanol–water partition coefficient (Wildman–Crippen LogP) is 4.65. The SMILES string of the molecule is O=C(N[C@H](c1ccccc1)C1CC1)N(Cc1ccc(F)cc1)C1CC1. The molecule has 0 saturated heterocycles. The van der Waals surface area contributed by atoms with Crippen LogP contribution in [0.4, 0.5) is 9.18 Å². The van der Waals surface area contributed by atoms with Gasteiger partial charge in [-0.05, 0) is 54.9 Å². The summed E-state index contributed by atoms with van der Waals surface area (Å²) in [7, 11) is 0. The first-order valence-corrected chi connectivity index (χ1v) is 9.07. The van der Waals surface area contributed by atoms with Gasteiger partial charge in [0.05, 0.1) is 6.04 Å². The molecule has 0 heterocycles. The molecule has 2 saturated carbocycles. The third-order valence-electron chi connectivity index (χ3n) is 5.05. The molecule has 4 heteroatoms. The van der Waals surface area contributed by atoms with Crippen LogP contribution in [0.25, 0.3) is 0 Å². The molecule has 2 aliphatic carbocycles. The average molecular weight is 338 g/mol. The van der Waals surface area contributed by atoms with Crippen molar-refractivity contribution in [3.8, 4) is 0 Å². The standard InChI is InChI=1S/C21H23FN2O/c22-18-10-6-15(7-11-18)14-24(19-12-13-19)21(25)23-20(17-8-9-17)16-4-2-1-3-5-16/h1-7,10-11,17,19-20H,8-9,12-14H2,(H,23,25)/t20-/m1/s1. The van der Waals surface area contributed by atoms with Crippen LogP contribution in [-0.2, 0) is 6.54 Å². The van der Waals surface area contributed by atoms with E-state index in [2.05, 4.69) is 17.4 Å². The Balaban J connectivity index is 1.47. The molecule has 0 aliphatic heterocycles. The van der Waals surface area contributed by atoms with E-state index in [0.29, 0.717) is 18.5 Å². The maximum absolute atomic E-state index is 13.1. The molecule has 2 aliphatic rings. The molecule has 3 nitrogen and oxygen atoms in total. The summed E-state index contributed by atoms with van der Waals surface area (Å²) < 4.78 is 13.1. The minimum Gasteiger partial charge on any atom is -0.331 e. The molecule has 2 aromatic rings. The lowest BCUT2D eigenvalue weighted by molar-refractivity contribution is 0.186. The van der Waals surface area contributed by atoms with Crippen molar-refractivity contribution in [2.45, 2.75) is 44.3 Å². The number of halogens is 1. The lowest BCUT2D eigenvalue weighted by Gasteiger charge is -2.27. The van der Waals surface area contributed by atoms with Crippen molar-refractivity contribution >= 4 is 6.03 Å². The highest BCUT2D eigenvalue weighted by Gasteiger charge is 2.37. The first-order valence-electron chi connectivity index (χ1n) is 9.07. The Morgan fingerprint density at radius 1 is 1.04 bits per heavy atom. The minimum atomic E-state index is -0.246. The van der Waals surface area contributed by atoms with Crippen LogP contribution in [-0.4, -0.2) is 17.0 Å². The highest BCUT2D eigenvalue weighted by molar-refractivity contribution is 5.75. The van der Waals surface area contributed by atoms with Crippen LogP contribution in [0, 0.1) is 11.7 Å². The molecule has 0 spiro atoms. The highest BCUT2D eigenvalue weighted by Crippen LogP contribution is 2.41. The number of carbonyl (C=O) groups is 1. The molecule has 25 heavy (non-hydrogen) atoms. The summed E-state index contributed by atoms with van der Waals surface area (Å²) in [6.45, 7) is 0.531. The Kier molecular flexibility index (Phi) is 4.43. The van der Waals surface area contributed by atoms with E-state index in [1.807, 2.05) is 23.1 Å². The van der Waals surface area contributed by atoms with Crippen LogP contribution in [0.2, 0.25) is 0 Å². The van der Waals surface area contributed by atoms with Crippen molar-refractivity contribution in [3.05, 3.63) is 71.5 Å². The molecule has 0 unspecified atom stereocenters. The average Bonchev–Trinajstić information content (AvgIpc) is 3.53. The predicted molar refractivity (Wildman–Crippen MR) is 95.4 cm³/mol. The van der Waals surface area contributed by atoms with E-state index in [1.54, 1.807) is 12.1 Å². The number of urea groups is 1. The summed E-state index contributed by atoms with van der Waals surface area (Å²) in [4.78, 5) is 14.9.